The molecular formula is C12H16N4O2S. The van der Waals surface area contributed by atoms with Crippen molar-refractivity contribution < 1.29 is 8.42 Å². The minimum atomic E-state index is -3.55. The summed E-state index contributed by atoms with van der Waals surface area (Å²) in [7, 11) is -2.02. The highest BCUT2D eigenvalue weighted by molar-refractivity contribution is 7.90. The highest BCUT2D eigenvalue weighted by Gasteiger charge is 2.22. The standard InChI is InChI=1S/C12H16N4O2S/c1-8-4-9(2)6-10(5-8)7-19(17,18)12-15-14-11(13)16(12)3/h4-6H,7H2,1-3H3,(H2,13,14). The van der Waals surface area contributed by atoms with E-state index >= 15 is 0 Å². The van der Waals surface area contributed by atoms with Crippen molar-refractivity contribution in [3.05, 3.63) is 34.9 Å². The highest BCUT2D eigenvalue weighted by atomic mass is 32.2. The van der Waals surface area contributed by atoms with Crippen LogP contribution in [0.25, 0.3) is 0 Å². The first-order valence-electron chi connectivity index (χ1n) is 5.74. The van der Waals surface area contributed by atoms with Crippen LogP contribution in [-0.2, 0) is 22.6 Å². The largest absolute Gasteiger partial charge is 0.368 e. The Hall–Kier alpha value is -1.89. The second kappa shape index (κ2) is 4.65. The minimum Gasteiger partial charge on any atom is -0.368 e. The Morgan fingerprint density at radius 3 is 2.21 bits per heavy atom. The van der Waals surface area contributed by atoms with E-state index in [0.717, 1.165) is 16.7 Å². The summed E-state index contributed by atoms with van der Waals surface area (Å²) in [5, 5.41) is 7.09. The Morgan fingerprint density at radius 2 is 1.74 bits per heavy atom. The number of aromatic nitrogens is 3. The van der Waals surface area contributed by atoms with Gasteiger partial charge < -0.3 is 5.73 Å². The van der Waals surface area contributed by atoms with Crippen molar-refractivity contribution in [3.8, 4) is 0 Å². The summed E-state index contributed by atoms with van der Waals surface area (Å²) in [4.78, 5) is 0. The molecule has 0 saturated heterocycles. The van der Waals surface area contributed by atoms with Crippen LogP contribution < -0.4 is 5.73 Å². The number of nitrogens with two attached hydrogens (primary N) is 1. The van der Waals surface area contributed by atoms with E-state index in [2.05, 4.69) is 10.2 Å². The molecule has 0 saturated carbocycles. The third kappa shape index (κ3) is 2.76. The monoisotopic (exact) mass is 280 g/mol. The van der Waals surface area contributed by atoms with Crippen LogP contribution >= 0.6 is 0 Å². The quantitative estimate of drug-likeness (QED) is 0.905. The van der Waals surface area contributed by atoms with Crippen LogP contribution in [0.5, 0.6) is 0 Å². The third-order valence-electron chi connectivity index (χ3n) is 2.78. The summed E-state index contributed by atoms with van der Waals surface area (Å²) in [6, 6.07) is 5.70. The number of nitrogen functional groups attached to an aromatic ring is 1. The lowest BCUT2D eigenvalue weighted by Crippen LogP contribution is -2.12. The number of rotatable bonds is 3. The molecule has 19 heavy (non-hydrogen) atoms. The molecule has 6 nitrogen and oxygen atoms in total. The van der Waals surface area contributed by atoms with Gasteiger partial charge in [-0.15, -0.1) is 10.2 Å². The normalized spacial score (nSPS) is 11.7. The smallest absolute Gasteiger partial charge is 0.251 e. The van der Waals surface area contributed by atoms with E-state index in [1.807, 2.05) is 32.0 Å². The van der Waals surface area contributed by atoms with Gasteiger partial charge in [-0.1, -0.05) is 29.3 Å². The van der Waals surface area contributed by atoms with Crippen LogP contribution in [0, 0.1) is 13.8 Å². The average molecular weight is 280 g/mol. The van der Waals surface area contributed by atoms with Gasteiger partial charge in [0.25, 0.3) is 5.16 Å². The fourth-order valence-corrected chi connectivity index (χ4v) is 3.44. The molecule has 0 bridgehead atoms. The topological polar surface area (TPSA) is 90.9 Å². The van der Waals surface area contributed by atoms with Gasteiger partial charge in [0, 0.05) is 7.05 Å². The summed E-state index contributed by atoms with van der Waals surface area (Å²) in [5.74, 6) is -0.0272. The Morgan fingerprint density at radius 1 is 1.16 bits per heavy atom. The average Bonchev–Trinajstić information content (AvgIpc) is 2.57. The molecule has 2 N–H and O–H groups in total. The number of hydrogen-bond acceptors (Lipinski definition) is 5. The molecule has 0 unspecified atom stereocenters. The molecule has 1 aromatic heterocycles. The second-order valence-corrected chi connectivity index (χ2v) is 6.54. The molecule has 0 amide bonds. The molecule has 0 radical (unpaired) electrons. The van der Waals surface area contributed by atoms with Crippen molar-refractivity contribution in [1.82, 2.24) is 14.8 Å². The maximum atomic E-state index is 12.3. The fourth-order valence-electron chi connectivity index (χ4n) is 2.03. The Labute approximate surface area is 112 Å². The van der Waals surface area contributed by atoms with Gasteiger partial charge in [0.2, 0.25) is 15.8 Å². The first kappa shape index (κ1) is 13.5. The number of anilines is 1. The zero-order valence-electron chi connectivity index (χ0n) is 11.1. The van der Waals surface area contributed by atoms with Gasteiger partial charge in [0.1, 0.15) is 0 Å². The first-order chi connectivity index (χ1) is 8.79. The molecule has 0 aliphatic rings. The number of sulfone groups is 1. The van der Waals surface area contributed by atoms with Crippen LogP contribution in [0.2, 0.25) is 0 Å². The van der Waals surface area contributed by atoms with E-state index in [4.69, 9.17) is 5.73 Å². The number of aryl methyl sites for hydroxylation is 2. The maximum Gasteiger partial charge on any atom is 0.251 e. The second-order valence-electron chi connectivity index (χ2n) is 4.65. The lowest BCUT2D eigenvalue weighted by molar-refractivity contribution is 0.578. The van der Waals surface area contributed by atoms with Crippen LogP contribution in [0.15, 0.2) is 23.4 Å². The minimum absolute atomic E-state index is 0.0824. The van der Waals surface area contributed by atoms with E-state index in [9.17, 15) is 8.42 Å². The van der Waals surface area contributed by atoms with Crippen LogP contribution in [0.1, 0.15) is 16.7 Å². The first-order valence-corrected chi connectivity index (χ1v) is 7.39. The SMILES string of the molecule is Cc1cc(C)cc(CS(=O)(=O)c2nnc(N)n2C)c1. The molecule has 0 aliphatic heterocycles. The van der Waals surface area contributed by atoms with Gasteiger partial charge in [0.05, 0.1) is 5.75 Å². The molecule has 0 aliphatic carbocycles. The van der Waals surface area contributed by atoms with E-state index in [-0.39, 0.29) is 16.9 Å². The van der Waals surface area contributed by atoms with Crippen molar-refractivity contribution in [1.29, 1.82) is 0 Å². The summed E-state index contributed by atoms with van der Waals surface area (Å²) in [6.45, 7) is 3.87. The lowest BCUT2D eigenvalue weighted by atomic mass is 10.1. The van der Waals surface area contributed by atoms with Crippen molar-refractivity contribution >= 4 is 15.8 Å². The lowest BCUT2D eigenvalue weighted by Gasteiger charge is -2.06. The van der Waals surface area contributed by atoms with Crippen LogP contribution in [0.3, 0.4) is 0 Å². The predicted molar refractivity (Wildman–Crippen MR) is 72.2 cm³/mol. The van der Waals surface area contributed by atoms with Gasteiger partial charge in [0.15, 0.2) is 0 Å². The molecule has 0 fully saturated rings. The van der Waals surface area contributed by atoms with Gasteiger partial charge in [-0.05, 0) is 19.4 Å². The van der Waals surface area contributed by atoms with Crippen LogP contribution in [0.4, 0.5) is 5.95 Å². The van der Waals surface area contributed by atoms with Crippen molar-refractivity contribution in [2.24, 2.45) is 7.05 Å². The summed E-state index contributed by atoms with van der Waals surface area (Å²) in [5.41, 5.74) is 8.30. The molecule has 102 valence electrons. The number of nitrogens with zero attached hydrogens (tertiary/aromatic N) is 3. The zero-order valence-corrected chi connectivity index (χ0v) is 11.9. The van der Waals surface area contributed by atoms with Crippen LogP contribution in [-0.4, -0.2) is 23.2 Å². The number of benzene rings is 1. The van der Waals surface area contributed by atoms with E-state index in [1.165, 1.54) is 11.6 Å². The molecule has 0 atom stereocenters. The molecule has 2 rings (SSSR count). The van der Waals surface area contributed by atoms with Crippen molar-refractivity contribution in [2.75, 3.05) is 5.73 Å². The van der Waals surface area contributed by atoms with E-state index in [0.29, 0.717) is 0 Å². The predicted octanol–water partition coefficient (Wildman–Crippen LogP) is 0.988. The fraction of sp³-hybridized carbons (Fsp3) is 0.333. The van der Waals surface area contributed by atoms with E-state index in [1.54, 1.807) is 0 Å². The summed E-state index contributed by atoms with van der Waals surface area (Å²) < 4.78 is 25.8. The molecule has 0 spiro atoms. The third-order valence-corrected chi connectivity index (χ3v) is 4.41. The summed E-state index contributed by atoms with van der Waals surface area (Å²) in [6.07, 6.45) is 0. The molecule has 1 heterocycles. The van der Waals surface area contributed by atoms with Crippen molar-refractivity contribution in [2.45, 2.75) is 24.8 Å². The summed E-state index contributed by atoms with van der Waals surface area (Å²) >= 11 is 0. The van der Waals surface area contributed by atoms with Gasteiger partial charge in [-0.25, -0.2) is 8.42 Å². The van der Waals surface area contributed by atoms with Gasteiger partial charge >= 0.3 is 0 Å². The highest BCUT2D eigenvalue weighted by Crippen LogP contribution is 2.17. The number of hydrogen-bond donors (Lipinski definition) is 1. The Bertz CT molecular complexity index is 699. The van der Waals surface area contributed by atoms with Gasteiger partial charge in [-0.3, -0.25) is 4.57 Å². The Balaban J connectivity index is 2.39. The molecule has 7 heteroatoms. The zero-order chi connectivity index (χ0) is 14.2. The molecule has 1 aromatic carbocycles. The van der Waals surface area contributed by atoms with Gasteiger partial charge in [-0.2, -0.15) is 0 Å². The molecule has 2 aromatic rings. The molecular weight excluding hydrogens is 264 g/mol. The maximum absolute atomic E-state index is 12.3. The Kier molecular flexibility index (Phi) is 3.32. The van der Waals surface area contributed by atoms with Crippen molar-refractivity contribution in [3.63, 3.8) is 0 Å². The van der Waals surface area contributed by atoms with E-state index < -0.39 is 9.84 Å².